The van der Waals surface area contributed by atoms with Gasteiger partial charge in [-0.25, -0.2) is 0 Å². The zero-order chi connectivity index (χ0) is 6.27. The second-order valence-electron chi connectivity index (χ2n) is 2.01. The van der Waals surface area contributed by atoms with Crippen LogP contribution in [0.3, 0.4) is 0 Å². The lowest BCUT2D eigenvalue weighted by molar-refractivity contribution is 0.649. The zero-order valence-corrected chi connectivity index (χ0v) is 6.42. The van der Waals surface area contributed by atoms with E-state index in [0.29, 0.717) is 0 Å². The van der Waals surface area contributed by atoms with Gasteiger partial charge in [0.2, 0.25) is 0 Å². The van der Waals surface area contributed by atoms with E-state index in [-0.39, 0.29) is 13.5 Å². The molecule has 0 amide bonds. The molecule has 0 radical (unpaired) electrons. The average molecular weight is 152 g/mol. The van der Waals surface area contributed by atoms with Gasteiger partial charge in [-0.2, -0.15) is 13.5 Å². The minimum Gasteiger partial charge on any atom is -0.449 e. The lowest BCUT2D eigenvalue weighted by Gasteiger charge is -1.81. The van der Waals surface area contributed by atoms with Crippen molar-refractivity contribution in [2.75, 3.05) is 0 Å². The van der Waals surface area contributed by atoms with Crippen molar-refractivity contribution < 1.29 is 4.74 Å². The van der Waals surface area contributed by atoms with Crippen molar-refractivity contribution in [3.8, 4) is 11.5 Å². The van der Waals surface area contributed by atoms with Crippen molar-refractivity contribution in [3.05, 3.63) is 30.3 Å². The second-order valence-corrected chi connectivity index (χ2v) is 2.01. The first-order valence-electron chi connectivity index (χ1n) is 2.84. The summed E-state index contributed by atoms with van der Waals surface area (Å²) in [4.78, 5) is 0. The Morgan fingerprint density at radius 1 is 1.30 bits per heavy atom. The zero-order valence-electron chi connectivity index (χ0n) is 5.42. The van der Waals surface area contributed by atoms with Crippen molar-refractivity contribution in [1.82, 2.24) is 0 Å². The summed E-state index contributed by atoms with van der Waals surface area (Å²) < 4.78 is 5.03. The molecule has 0 saturated carbocycles. The standard InChI is InChI=1S/C8H6O.H2S/c1-2-6-3-4-7-8(5-6)9-7;/h2-5H,1H2;1H2. The third-order valence-corrected chi connectivity index (χ3v) is 1.38. The second kappa shape index (κ2) is 2.39. The predicted octanol–water partition coefficient (Wildman–Crippen LogP) is 2.55. The molecule has 1 aliphatic rings. The van der Waals surface area contributed by atoms with Crippen LogP contribution in [0.2, 0.25) is 0 Å². The maximum absolute atomic E-state index is 5.03. The van der Waals surface area contributed by atoms with Crippen LogP contribution in [0.25, 0.3) is 6.08 Å². The van der Waals surface area contributed by atoms with E-state index in [0.717, 1.165) is 17.1 Å². The maximum Gasteiger partial charge on any atom is 0.170 e. The number of hydrogen-bond donors (Lipinski definition) is 0. The Bertz CT molecular complexity index is 268. The Morgan fingerprint density at radius 3 is 2.70 bits per heavy atom. The third-order valence-electron chi connectivity index (χ3n) is 1.38. The Morgan fingerprint density at radius 2 is 2.10 bits per heavy atom. The highest BCUT2D eigenvalue weighted by Gasteiger charge is 2.17. The molecular formula is C8H8OS. The third kappa shape index (κ3) is 1.02. The summed E-state index contributed by atoms with van der Waals surface area (Å²) in [5.74, 6) is 1.99. The summed E-state index contributed by atoms with van der Waals surface area (Å²) in [6.07, 6.45) is 1.81. The molecule has 0 aromatic heterocycles. The van der Waals surface area contributed by atoms with Gasteiger partial charge in [-0.3, -0.25) is 0 Å². The van der Waals surface area contributed by atoms with Gasteiger partial charge in [0.1, 0.15) is 0 Å². The Balaban J connectivity index is 0.000000500. The highest BCUT2D eigenvalue weighted by Crippen LogP contribution is 2.45. The van der Waals surface area contributed by atoms with Gasteiger partial charge in [0.25, 0.3) is 0 Å². The Hall–Kier alpha value is -0.890. The highest BCUT2D eigenvalue weighted by atomic mass is 32.1. The van der Waals surface area contributed by atoms with Gasteiger partial charge >= 0.3 is 0 Å². The molecule has 2 rings (SSSR count). The number of rotatable bonds is 1. The van der Waals surface area contributed by atoms with Crippen molar-refractivity contribution in [3.63, 3.8) is 0 Å². The number of fused-ring (bicyclic) bond motifs is 1. The molecule has 1 aromatic rings. The maximum atomic E-state index is 5.03. The SMILES string of the molecule is C=Cc1ccc2c(c1)O2.S. The van der Waals surface area contributed by atoms with Crippen molar-refractivity contribution >= 4 is 19.6 Å². The largest absolute Gasteiger partial charge is 0.449 e. The van der Waals surface area contributed by atoms with Crippen LogP contribution in [0.1, 0.15) is 5.56 Å². The van der Waals surface area contributed by atoms with E-state index in [2.05, 4.69) is 6.58 Å². The lowest BCUT2D eigenvalue weighted by atomic mass is 10.2. The number of benzene rings is 1. The lowest BCUT2D eigenvalue weighted by Crippen LogP contribution is -1.59. The summed E-state index contributed by atoms with van der Waals surface area (Å²) in [7, 11) is 0. The Labute approximate surface area is 66.8 Å². The van der Waals surface area contributed by atoms with E-state index in [1.807, 2.05) is 24.3 Å². The van der Waals surface area contributed by atoms with Crippen LogP contribution in [0.5, 0.6) is 11.5 Å². The monoisotopic (exact) mass is 152 g/mol. The fraction of sp³-hybridized carbons (Fsp3) is 0. The molecular weight excluding hydrogens is 144 g/mol. The molecule has 1 nitrogen and oxygen atoms in total. The van der Waals surface area contributed by atoms with Crippen LogP contribution in [0.15, 0.2) is 24.8 Å². The molecule has 0 unspecified atom stereocenters. The van der Waals surface area contributed by atoms with E-state index in [9.17, 15) is 0 Å². The van der Waals surface area contributed by atoms with Crippen LogP contribution < -0.4 is 4.74 Å². The van der Waals surface area contributed by atoms with Crippen LogP contribution in [-0.4, -0.2) is 0 Å². The fourth-order valence-electron chi connectivity index (χ4n) is 0.808. The molecule has 0 bridgehead atoms. The van der Waals surface area contributed by atoms with E-state index in [4.69, 9.17) is 4.74 Å². The first kappa shape index (κ1) is 7.22. The highest BCUT2D eigenvalue weighted by molar-refractivity contribution is 7.59. The van der Waals surface area contributed by atoms with Crippen LogP contribution >= 0.6 is 13.5 Å². The summed E-state index contributed by atoms with van der Waals surface area (Å²) in [5.41, 5.74) is 1.12. The van der Waals surface area contributed by atoms with Crippen molar-refractivity contribution in [1.29, 1.82) is 0 Å². The van der Waals surface area contributed by atoms with E-state index < -0.39 is 0 Å². The molecule has 2 heteroatoms. The van der Waals surface area contributed by atoms with Gasteiger partial charge in [-0.15, -0.1) is 0 Å². The first-order chi connectivity index (χ1) is 4.40. The minimum absolute atomic E-state index is 0. The van der Waals surface area contributed by atoms with Gasteiger partial charge in [0.05, 0.1) is 0 Å². The smallest absolute Gasteiger partial charge is 0.170 e. The normalized spacial score (nSPS) is 10.4. The Kier molecular flexibility index (Phi) is 1.72. The van der Waals surface area contributed by atoms with Gasteiger partial charge in [0.15, 0.2) is 11.5 Å². The fourth-order valence-corrected chi connectivity index (χ4v) is 0.808. The molecule has 52 valence electrons. The molecule has 0 fully saturated rings. The topological polar surface area (TPSA) is 12.5 Å². The summed E-state index contributed by atoms with van der Waals surface area (Å²) in [6.45, 7) is 3.64. The molecule has 1 aliphatic heterocycles. The van der Waals surface area contributed by atoms with Crippen LogP contribution in [-0.2, 0) is 0 Å². The molecule has 0 N–H and O–H groups in total. The summed E-state index contributed by atoms with van der Waals surface area (Å²) >= 11 is 0. The van der Waals surface area contributed by atoms with Crippen LogP contribution in [0.4, 0.5) is 0 Å². The molecule has 1 heterocycles. The summed E-state index contributed by atoms with van der Waals surface area (Å²) in [5, 5.41) is 0. The van der Waals surface area contributed by atoms with Crippen LogP contribution in [0, 0.1) is 0 Å². The molecule has 1 aromatic carbocycles. The molecule has 0 atom stereocenters. The van der Waals surface area contributed by atoms with Crippen molar-refractivity contribution in [2.45, 2.75) is 0 Å². The predicted molar refractivity (Wildman–Crippen MR) is 47.0 cm³/mol. The van der Waals surface area contributed by atoms with Gasteiger partial charge in [-0.05, 0) is 17.7 Å². The average Bonchev–Trinajstić information content (AvgIpc) is 2.64. The van der Waals surface area contributed by atoms with Gasteiger partial charge in [0, 0.05) is 0 Å². The van der Waals surface area contributed by atoms with E-state index >= 15 is 0 Å². The van der Waals surface area contributed by atoms with Gasteiger partial charge < -0.3 is 4.74 Å². The van der Waals surface area contributed by atoms with Crippen molar-refractivity contribution in [2.24, 2.45) is 0 Å². The summed E-state index contributed by atoms with van der Waals surface area (Å²) in [6, 6.07) is 5.91. The number of hydrogen-bond acceptors (Lipinski definition) is 1. The quantitative estimate of drug-likeness (QED) is 0.572. The molecule has 10 heavy (non-hydrogen) atoms. The molecule has 0 aliphatic carbocycles. The molecule has 0 saturated heterocycles. The molecule has 0 spiro atoms. The van der Waals surface area contributed by atoms with E-state index in [1.165, 1.54) is 0 Å². The first-order valence-corrected chi connectivity index (χ1v) is 2.84. The minimum atomic E-state index is 0. The number of ether oxygens (including phenoxy) is 1. The van der Waals surface area contributed by atoms with E-state index in [1.54, 1.807) is 0 Å². The van der Waals surface area contributed by atoms with Gasteiger partial charge in [-0.1, -0.05) is 18.7 Å².